The highest BCUT2D eigenvalue weighted by atomic mass is 79.9. The van der Waals surface area contributed by atoms with E-state index in [9.17, 15) is 0 Å². The smallest absolute Gasteiger partial charge is 0.123 e. The van der Waals surface area contributed by atoms with Crippen LogP contribution in [0, 0.1) is 0 Å². The van der Waals surface area contributed by atoms with Gasteiger partial charge in [-0.05, 0) is 52.2 Å². The van der Waals surface area contributed by atoms with Crippen LogP contribution in [0.5, 0.6) is 5.75 Å². The van der Waals surface area contributed by atoms with Crippen molar-refractivity contribution in [1.82, 2.24) is 0 Å². The van der Waals surface area contributed by atoms with E-state index in [1.165, 1.54) is 19.8 Å². The fourth-order valence-electron chi connectivity index (χ4n) is 2.23. The van der Waals surface area contributed by atoms with E-state index in [-0.39, 0.29) is 4.83 Å². The van der Waals surface area contributed by atoms with Crippen LogP contribution in [0.25, 0.3) is 0 Å². The standard InChI is InChI=1S/C14H12Br2OS/c1-8-6-10-7-9(2-3-11(10)17-8)14(16)12-4-5-13(15)18-12/h2-5,7-8,14H,6H2,1H3. The van der Waals surface area contributed by atoms with Crippen LogP contribution in [0.2, 0.25) is 0 Å². The SMILES string of the molecule is CC1Cc2cc(C(Br)c3ccc(Br)s3)ccc2O1. The second-order valence-corrected chi connectivity index (χ2v) is 7.91. The zero-order valence-corrected chi connectivity index (χ0v) is 13.8. The summed E-state index contributed by atoms with van der Waals surface area (Å²) in [5.74, 6) is 1.04. The third-order valence-corrected chi connectivity index (χ3v) is 6.07. The van der Waals surface area contributed by atoms with Gasteiger partial charge >= 0.3 is 0 Å². The summed E-state index contributed by atoms with van der Waals surface area (Å²) in [6.45, 7) is 2.11. The first-order chi connectivity index (χ1) is 8.63. The lowest BCUT2D eigenvalue weighted by atomic mass is 10.0. The van der Waals surface area contributed by atoms with Crippen LogP contribution in [-0.4, -0.2) is 6.10 Å². The van der Waals surface area contributed by atoms with Gasteiger partial charge < -0.3 is 4.74 Å². The molecule has 0 amide bonds. The van der Waals surface area contributed by atoms with E-state index in [2.05, 4.69) is 69.1 Å². The molecular weight excluding hydrogens is 376 g/mol. The first-order valence-corrected chi connectivity index (χ1v) is 8.35. The Labute approximate surface area is 127 Å². The van der Waals surface area contributed by atoms with Crippen LogP contribution >= 0.6 is 43.2 Å². The molecule has 0 saturated carbocycles. The topological polar surface area (TPSA) is 9.23 Å². The maximum atomic E-state index is 5.73. The maximum absolute atomic E-state index is 5.73. The van der Waals surface area contributed by atoms with E-state index in [1.54, 1.807) is 11.3 Å². The minimum atomic E-state index is 0.259. The van der Waals surface area contributed by atoms with Crippen LogP contribution in [0.15, 0.2) is 34.1 Å². The van der Waals surface area contributed by atoms with Gasteiger partial charge in [0.25, 0.3) is 0 Å². The summed E-state index contributed by atoms with van der Waals surface area (Å²) < 4.78 is 6.90. The molecule has 0 saturated heterocycles. The zero-order valence-electron chi connectivity index (χ0n) is 9.82. The maximum Gasteiger partial charge on any atom is 0.123 e. The van der Waals surface area contributed by atoms with Crippen molar-refractivity contribution in [1.29, 1.82) is 0 Å². The monoisotopic (exact) mass is 386 g/mol. The number of halogens is 2. The fraction of sp³-hybridized carbons (Fsp3) is 0.286. The minimum absolute atomic E-state index is 0.259. The molecule has 0 aliphatic carbocycles. The first-order valence-electron chi connectivity index (χ1n) is 5.82. The van der Waals surface area contributed by atoms with Gasteiger partial charge in [-0.2, -0.15) is 0 Å². The minimum Gasteiger partial charge on any atom is -0.490 e. The highest BCUT2D eigenvalue weighted by Crippen LogP contribution is 2.39. The molecule has 0 fully saturated rings. The Morgan fingerprint density at radius 2 is 2.17 bits per heavy atom. The summed E-state index contributed by atoms with van der Waals surface area (Å²) in [5, 5.41) is 0. The second kappa shape index (κ2) is 4.99. The van der Waals surface area contributed by atoms with Crippen molar-refractivity contribution in [3.8, 4) is 5.75 Å². The van der Waals surface area contributed by atoms with Crippen LogP contribution in [0.4, 0.5) is 0 Å². The third-order valence-electron chi connectivity index (χ3n) is 3.06. The summed E-state index contributed by atoms with van der Waals surface area (Å²) in [4.78, 5) is 1.57. The summed E-state index contributed by atoms with van der Waals surface area (Å²) in [7, 11) is 0. The molecule has 3 rings (SSSR count). The average Bonchev–Trinajstić information content (AvgIpc) is 2.92. The molecule has 0 N–H and O–H groups in total. The fourth-order valence-corrected chi connectivity index (χ4v) is 4.38. The summed E-state index contributed by atoms with van der Waals surface area (Å²) in [6.07, 6.45) is 1.32. The van der Waals surface area contributed by atoms with Gasteiger partial charge in [0, 0.05) is 11.3 Å². The summed E-state index contributed by atoms with van der Waals surface area (Å²) in [5.41, 5.74) is 2.61. The lowest BCUT2D eigenvalue weighted by Gasteiger charge is -2.09. The Morgan fingerprint density at radius 1 is 1.33 bits per heavy atom. The number of alkyl halides is 1. The van der Waals surface area contributed by atoms with Gasteiger partial charge in [-0.15, -0.1) is 11.3 Å². The lowest BCUT2D eigenvalue weighted by Crippen LogP contribution is -2.05. The van der Waals surface area contributed by atoms with Crippen molar-refractivity contribution >= 4 is 43.2 Å². The van der Waals surface area contributed by atoms with Crippen LogP contribution in [0.1, 0.15) is 27.8 Å². The van der Waals surface area contributed by atoms with Gasteiger partial charge in [-0.25, -0.2) is 0 Å². The molecule has 2 atom stereocenters. The highest BCUT2D eigenvalue weighted by Gasteiger charge is 2.21. The van der Waals surface area contributed by atoms with Crippen LogP contribution in [0.3, 0.4) is 0 Å². The molecular formula is C14H12Br2OS. The number of fused-ring (bicyclic) bond motifs is 1. The molecule has 0 spiro atoms. The predicted octanol–water partition coefficient (Wildman–Crippen LogP) is 5.32. The molecule has 94 valence electrons. The Balaban J connectivity index is 1.91. The highest BCUT2D eigenvalue weighted by molar-refractivity contribution is 9.11. The number of hydrogen-bond donors (Lipinski definition) is 0. The number of thiophene rings is 1. The van der Waals surface area contributed by atoms with Gasteiger partial charge in [-0.3, -0.25) is 0 Å². The normalized spacial score (nSPS) is 19.4. The Morgan fingerprint density at radius 3 is 2.89 bits per heavy atom. The molecule has 0 radical (unpaired) electrons. The Kier molecular flexibility index (Phi) is 3.52. The molecule has 4 heteroatoms. The van der Waals surface area contributed by atoms with Crippen molar-refractivity contribution in [2.24, 2.45) is 0 Å². The van der Waals surface area contributed by atoms with Crippen molar-refractivity contribution < 1.29 is 4.74 Å². The van der Waals surface area contributed by atoms with Crippen molar-refractivity contribution in [3.63, 3.8) is 0 Å². The van der Waals surface area contributed by atoms with Gasteiger partial charge in [-0.1, -0.05) is 28.1 Å². The predicted molar refractivity (Wildman–Crippen MR) is 83.0 cm³/mol. The quantitative estimate of drug-likeness (QED) is 0.633. The third kappa shape index (κ3) is 2.38. The average molecular weight is 388 g/mol. The van der Waals surface area contributed by atoms with Crippen molar-refractivity contribution in [2.45, 2.75) is 24.3 Å². The van der Waals surface area contributed by atoms with Gasteiger partial charge in [0.1, 0.15) is 11.9 Å². The molecule has 1 aliphatic heterocycles. The lowest BCUT2D eigenvalue weighted by molar-refractivity contribution is 0.254. The molecule has 2 heterocycles. The molecule has 2 aromatic rings. The zero-order chi connectivity index (χ0) is 12.7. The first kappa shape index (κ1) is 12.7. The second-order valence-electron chi connectivity index (χ2n) is 4.50. The summed E-state index contributed by atoms with van der Waals surface area (Å²) >= 11 is 9.05. The largest absolute Gasteiger partial charge is 0.490 e. The molecule has 1 aromatic heterocycles. The molecule has 1 nitrogen and oxygen atoms in total. The number of hydrogen-bond acceptors (Lipinski definition) is 2. The van der Waals surface area contributed by atoms with E-state index >= 15 is 0 Å². The Bertz CT molecular complexity index is 579. The van der Waals surface area contributed by atoms with E-state index < -0.39 is 0 Å². The summed E-state index contributed by atoms with van der Waals surface area (Å²) in [6, 6.07) is 10.7. The molecule has 0 bridgehead atoms. The van der Waals surface area contributed by atoms with Crippen molar-refractivity contribution in [3.05, 3.63) is 50.1 Å². The number of rotatable bonds is 2. The molecule has 1 aromatic carbocycles. The number of benzene rings is 1. The van der Waals surface area contributed by atoms with Gasteiger partial charge in [0.2, 0.25) is 0 Å². The van der Waals surface area contributed by atoms with Gasteiger partial charge in [0.15, 0.2) is 0 Å². The van der Waals surface area contributed by atoms with Crippen LogP contribution < -0.4 is 4.74 Å². The Hall–Kier alpha value is -0.320. The van der Waals surface area contributed by atoms with Gasteiger partial charge in [0.05, 0.1) is 8.61 Å². The van der Waals surface area contributed by atoms with E-state index in [1.807, 2.05) is 0 Å². The number of ether oxygens (including phenoxy) is 1. The van der Waals surface area contributed by atoms with E-state index in [0.29, 0.717) is 6.10 Å². The molecule has 1 aliphatic rings. The molecule has 2 unspecified atom stereocenters. The van der Waals surface area contributed by atoms with E-state index in [0.717, 1.165) is 12.2 Å². The van der Waals surface area contributed by atoms with Crippen LogP contribution in [-0.2, 0) is 6.42 Å². The van der Waals surface area contributed by atoms with Crippen molar-refractivity contribution in [2.75, 3.05) is 0 Å². The molecule has 18 heavy (non-hydrogen) atoms. The van der Waals surface area contributed by atoms with E-state index in [4.69, 9.17) is 4.74 Å².